The second-order valence-electron chi connectivity index (χ2n) is 8.12. The molecule has 31 heavy (non-hydrogen) atoms. The third-order valence-corrected chi connectivity index (χ3v) is 7.43. The predicted molar refractivity (Wildman–Crippen MR) is 108 cm³/mol. The maximum atomic E-state index is 13.0. The van der Waals surface area contributed by atoms with Crippen molar-refractivity contribution in [3.8, 4) is 11.1 Å². The summed E-state index contributed by atoms with van der Waals surface area (Å²) in [5.41, 5.74) is 0.900. The van der Waals surface area contributed by atoms with Gasteiger partial charge in [0.25, 0.3) is 0 Å². The van der Waals surface area contributed by atoms with Gasteiger partial charge < -0.3 is 0 Å². The highest BCUT2D eigenvalue weighted by atomic mass is 32.1. The van der Waals surface area contributed by atoms with Crippen molar-refractivity contribution in [3.63, 3.8) is 0 Å². The molecule has 1 saturated carbocycles. The summed E-state index contributed by atoms with van der Waals surface area (Å²) in [6.07, 6.45) is 1.65. The number of hydrogen-bond acceptors (Lipinski definition) is 5. The third kappa shape index (κ3) is 2.69. The molecule has 2 aromatic heterocycles. The molecule has 2 aliphatic carbocycles. The van der Waals surface area contributed by atoms with Gasteiger partial charge in [-0.15, -0.1) is 0 Å². The Hall–Kier alpha value is -3.07. The molecular weight excluding hydrogens is 427 g/mol. The number of aromatic nitrogens is 2. The normalized spacial score (nSPS) is 27.0. The Morgan fingerprint density at radius 2 is 1.65 bits per heavy atom. The molecule has 2 fully saturated rings. The van der Waals surface area contributed by atoms with E-state index >= 15 is 0 Å². The minimum atomic E-state index is -4.49. The van der Waals surface area contributed by atoms with Gasteiger partial charge in [-0.2, -0.15) is 13.2 Å². The fourth-order valence-corrected chi connectivity index (χ4v) is 6.03. The number of halogens is 3. The number of carbonyl (C=O) groups is 2. The first kappa shape index (κ1) is 18.7. The predicted octanol–water partition coefficient (Wildman–Crippen LogP) is 4.69. The molecule has 0 radical (unpaired) electrons. The Labute approximate surface area is 178 Å². The van der Waals surface area contributed by atoms with Gasteiger partial charge in [-0.05, 0) is 42.0 Å². The molecule has 156 valence electrons. The zero-order valence-electron chi connectivity index (χ0n) is 15.8. The van der Waals surface area contributed by atoms with E-state index in [1.165, 1.54) is 28.5 Å². The van der Waals surface area contributed by atoms with Crippen LogP contribution in [0.2, 0.25) is 0 Å². The number of thiazole rings is 1. The summed E-state index contributed by atoms with van der Waals surface area (Å²) in [4.78, 5) is 35.2. The summed E-state index contributed by atoms with van der Waals surface area (Å²) in [6.45, 7) is 0. The quantitative estimate of drug-likeness (QED) is 0.428. The van der Waals surface area contributed by atoms with Crippen LogP contribution in [0.4, 0.5) is 18.3 Å². The van der Waals surface area contributed by atoms with Crippen LogP contribution in [0.5, 0.6) is 0 Å². The number of nitrogens with zero attached hydrogens (tertiary/aromatic N) is 3. The molecule has 5 nitrogen and oxygen atoms in total. The fraction of sp³-hybridized carbons (Fsp3) is 0.273. The lowest BCUT2D eigenvalue weighted by atomic mass is 9.85. The van der Waals surface area contributed by atoms with E-state index in [0.29, 0.717) is 21.8 Å². The van der Waals surface area contributed by atoms with Gasteiger partial charge in [0.15, 0.2) is 5.13 Å². The molecule has 6 rings (SSSR count). The lowest BCUT2D eigenvalue weighted by Gasteiger charge is -2.14. The summed E-state index contributed by atoms with van der Waals surface area (Å²) < 4.78 is 39.0. The van der Waals surface area contributed by atoms with Gasteiger partial charge >= 0.3 is 6.18 Å². The highest BCUT2D eigenvalue weighted by Crippen LogP contribution is 2.53. The van der Waals surface area contributed by atoms with E-state index in [-0.39, 0.29) is 35.5 Å². The first-order chi connectivity index (χ1) is 14.8. The van der Waals surface area contributed by atoms with E-state index in [2.05, 4.69) is 9.97 Å². The number of alkyl halides is 3. The molecule has 4 atom stereocenters. The second-order valence-corrected chi connectivity index (χ2v) is 9.13. The van der Waals surface area contributed by atoms with E-state index in [0.717, 1.165) is 17.2 Å². The standard InChI is InChI=1S/C22H14F3N3O2S/c23-22(24,25)16-6-4-13(9-26-16)10-3-5-14-15(8-10)31-21(27-14)28-19(29)17-11-1-2-12(7-11)18(17)20(28)30/h1-6,8-9,11-12,17-18H,7H2/t11?,12?,17-,18+. The van der Waals surface area contributed by atoms with E-state index < -0.39 is 11.9 Å². The van der Waals surface area contributed by atoms with Gasteiger partial charge in [-0.3, -0.25) is 14.6 Å². The number of hydrogen-bond donors (Lipinski definition) is 0. The largest absolute Gasteiger partial charge is 0.433 e. The number of amides is 2. The van der Waals surface area contributed by atoms with Crippen LogP contribution < -0.4 is 4.90 Å². The van der Waals surface area contributed by atoms with Crippen LogP contribution in [0.3, 0.4) is 0 Å². The number of allylic oxidation sites excluding steroid dienone is 2. The van der Waals surface area contributed by atoms with E-state index in [1.807, 2.05) is 12.2 Å². The SMILES string of the molecule is O=C1[C@@H]2C3C=CC(C3)[C@@H]2C(=O)N1c1nc2ccc(-c3ccc(C(F)(F)F)nc3)cc2s1. The van der Waals surface area contributed by atoms with Crippen molar-refractivity contribution >= 4 is 38.5 Å². The minimum absolute atomic E-state index is 0.129. The molecule has 3 heterocycles. The molecule has 2 unspecified atom stereocenters. The molecule has 3 aromatic rings. The van der Waals surface area contributed by atoms with Gasteiger partial charge in [0.2, 0.25) is 11.8 Å². The first-order valence-corrected chi connectivity index (χ1v) is 10.6. The van der Waals surface area contributed by atoms with E-state index in [9.17, 15) is 22.8 Å². The van der Waals surface area contributed by atoms with Crippen LogP contribution in [-0.2, 0) is 15.8 Å². The van der Waals surface area contributed by atoms with Crippen LogP contribution in [0.25, 0.3) is 21.3 Å². The minimum Gasteiger partial charge on any atom is -0.274 e. The molecule has 2 amide bonds. The maximum Gasteiger partial charge on any atom is 0.433 e. The monoisotopic (exact) mass is 441 g/mol. The first-order valence-electron chi connectivity index (χ1n) is 9.81. The van der Waals surface area contributed by atoms with E-state index in [4.69, 9.17) is 0 Å². The van der Waals surface area contributed by atoms with Crippen LogP contribution in [0, 0.1) is 23.7 Å². The Kier molecular flexibility index (Phi) is 3.75. The lowest BCUT2D eigenvalue weighted by molar-refractivity contribution is -0.141. The Bertz CT molecular complexity index is 1250. The number of carbonyl (C=O) groups excluding carboxylic acids is 2. The maximum absolute atomic E-state index is 13.0. The Morgan fingerprint density at radius 1 is 0.968 bits per heavy atom. The van der Waals surface area contributed by atoms with E-state index in [1.54, 1.807) is 18.2 Å². The zero-order chi connectivity index (χ0) is 21.5. The average molecular weight is 441 g/mol. The smallest absolute Gasteiger partial charge is 0.274 e. The number of fused-ring (bicyclic) bond motifs is 6. The number of rotatable bonds is 2. The van der Waals surface area contributed by atoms with Crippen molar-refractivity contribution < 1.29 is 22.8 Å². The highest BCUT2D eigenvalue weighted by molar-refractivity contribution is 7.22. The van der Waals surface area contributed by atoms with Crippen molar-refractivity contribution in [2.75, 3.05) is 4.90 Å². The summed E-state index contributed by atoms with van der Waals surface area (Å²) >= 11 is 1.23. The topological polar surface area (TPSA) is 63.2 Å². The summed E-state index contributed by atoms with van der Waals surface area (Å²) in [5, 5.41) is 0.349. The molecule has 1 aliphatic heterocycles. The molecular formula is C22H14F3N3O2S. The zero-order valence-corrected chi connectivity index (χ0v) is 16.7. The van der Waals surface area contributed by atoms with Gasteiger partial charge in [-0.25, -0.2) is 9.88 Å². The van der Waals surface area contributed by atoms with Gasteiger partial charge in [0, 0.05) is 11.8 Å². The van der Waals surface area contributed by atoms with Gasteiger partial charge in [0.05, 0.1) is 22.1 Å². The van der Waals surface area contributed by atoms with Crippen LogP contribution >= 0.6 is 11.3 Å². The van der Waals surface area contributed by atoms with Gasteiger partial charge in [0.1, 0.15) is 5.69 Å². The van der Waals surface area contributed by atoms with Crippen molar-refractivity contribution in [3.05, 3.63) is 54.4 Å². The molecule has 3 aliphatic rings. The van der Waals surface area contributed by atoms with Crippen molar-refractivity contribution in [2.45, 2.75) is 12.6 Å². The van der Waals surface area contributed by atoms with Crippen molar-refractivity contribution in [1.82, 2.24) is 9.97 Å². The second kappa shape index (κ2) is 6.23. The number of pyridine rings is 1. The molecule has 0 N–H and O–H groups in total. The number of imide groups is 1. The molecule has 1 aromatic carbocycles. The number of anilines is 1. The van der Waals surface area contributed by atoms with Gasteiger partial charge in [-0.1, -0.05) is 35.6 Å². The van der Waals surface area contributed by atoms with Crippen LogP contribution in [0.15, 0.2) is 48.7 Å². The Balaban J connectivity index is 1.33. The van der Waals surface area contributed by atoms with Crippen LogP contribution in [0.1, 0.15) is 12.1 Å². The molecule has 1 saturated heterocycles. The Morgan fingerprint density at radius 3 is 2.26 bits per heavy atom. The summed E-state index contributed by atoms with van der Waals surface area (Å²) in [7, 11) is 0. The third-order valence-electron chi connectivity index (χ3n) is 6.43. The fourth-order valence-electron chi connectivity index (χ4n) is 5.01. The van der Waals surface area contributed by atoms with Crippen molar-refractivity contribution in [1.29, 1.82) is 0 Å². The lowest BCUT2D eigenvalue weighted by Crippen LogP contribution is -2.32. The summed E-state index contributed by atoms with van der Waals surface area (Å²) in [5.74, 6) is -0.683. The highest BCUT2D eigenvalue weighted by Gasteiger charge is 2.60. The molecule has 9 heteroatoms. The summed E-state index contributed by atoms with van der Waals surface area (Å²) in [6, 6.07) is 7.58. The average Bonchev–Trinajstić information content (AvgIpc) is 3.49. The number of benzene rings is 1. The molecule has 0 spiro atoms. The van der Waals surface area contributed by atoms with Crippen LogP contribution in [-0.4, -0.2) is 21.8 Å². The van der Waals surface area contributed by atoms with Crippen molar-refractivity contribution in [2.24, 2.45) is 23.7 Å². The molecule has 2 bridgehead atoms.